The molecule has 1 aromatic heterocycles. The van der Waals surface area contributed by atoms with Crippen molar-refractivity contribution in [3.63, 3.8) is 0 Å². The van der Waals surface area contributed by atoms with Crippen molar-refractivity contribution in [2.75, 3.05) is 17.7 Å². The van der Waals surface area contributed by atoms with Gasteiger partial charge in [-0.05, 0) is 46.9 Å². The predicted octanol–water partition coefficient (Wildman–Crippen LogP) is 2.02. The van der Waals surface area contributed by atoms with E-state index in [1.807, 2.05) is 6.92 Å². The quantitative estimate of drug-likeness (QED) is 0.595. The summed E-state index contributed by atoms with van der Waals surface area (Å²) in [5.41, 5.74) is 0.530. The Kier molecular flexibility index (Phi) is 6.58. The number of aliphatic hydroxyl groups excluding tert-OH is 1. The van der Waals surface area contributed by atoms with Crippen LogP contribution in [-0.2, 0) is 21.1 Å². The van der Waals surface area contributed by atoms with Crippen LogP contribution < -0.4 is 5.32 Å². The van der Waals surface area contributed by atoms with Crippen LogP contribution in [0.3, 0.4) is 0 Å². The van der Waals surface area contributed by atoms with E-state index in [1.165, 1.54) is 19.1 Å². The average molecular weight is 477 g/mol. The number of aromatic nitrogens is 2. The monoisotopic (exact) mass is 477 g/mol. The summed E-state index contributed by atoms with van der Waals surface area (Å²) in [6, 6.07) is 5.38. The Morgan fingerprint density at radius 1 is 1.36 bits per heavy atom. The Bertz CT molecular complexity index is 847. The first-order chi connectivity index (χ1) is 11.8. The van der Waals surface area contributed by atoms with Gasteiger partial charge < -0.3 is 15.0 Å². The van der Waals surface area contributed by atoms with Crippen molar-refractivity contribution in [1.29, 1.82) is 0 Å². The number of imidazole rings is 1. The molecule has 2 rings (SSSR count). The largest absolute Gasteiger partial charge is 0.394 e. The highest BCUT2D eigenvalue weighted by molar-refractivity contribution is 14.1. The van der Waals surface area contributed by atoms with Crippen molar-refractivity contribution in [3.05, 3.63) is 40.0 Å². The number of nitrogens with one attached hydrogen (secondary N) is 1. The lowest BCUT2D eigenvalue weighted by Crippen LogP contribution is -2.24. The second-order valence-corrected chi connectivity index (χ2v) is 8.70. The molecule has 1 amide bonds. The van der Waals surface area contributed by atoms with Crippen LogP contribution in [0.15, 0.2) is 35.4 Å². The lowest BCUT2D eigenvalue weighted by atomic mass is 10.3. The molecule has 0 aliphatic rings. The number of nitrogens with zero attached hydrogens (tertiary/aromatic N) is 2. The number of aliphatic hydroxyl groups is 1. The molecule has 2 N–H and O–H groups in total. The first kappa shape index (κ1) is 19.9. The third-order valence-corrected chi connectivity index (χ3v) is 5.98. The smallest absolute Gasteiger partial charge is 0.221 e. The lowest BCUT2D eigenvalue weighted by Gasteiger charge is -2.18. The number of benzene rings is 1. The van der Waals surface area contributed by atoms with Gasteiger partial charge in [0.2, 0.25) is 5.91 Å². The molecule has 0 fully saturated rings. The van der Waals surface area contributed by atoms with Gasteiger partial charge in [-0.15, -0.1) is 0 Å². The van der Waals surface area contributed by atoms with Crippen LogP contribution in [-0.4, -0.2) is 41.3 Å². The van der Waals surface area contributed by atoms with Crippen LogP contribution in [0.25, 0.3) is 0 Å². The zero-order chi connectivity index (χ0) is 18.6. The predicted molar refractivity (Wildman–Crippen MR) is 103 cm³/mol. The zero-order valence-electron chi connectivity index (χ0n) is 13.9. The molecule has 0 aliphatic carbocycles. The number of aryl methyl sites for hydroxylation is 1. The fourth-order valence-corrected chi connectivity index (χ4v) is 4.59. The third-order valence-electron chi connectivity index (χ3n) is 3.65. The maximum atomic E-state index is 12.7. The first-order valence-corrected chi connectivity index (χ1v) is 10.4. The second-order valence-electron chi connectivity index (χ2n) is 5.56. The number of carbonyl (C=O) groups excluding carboxylic acids is 1. The summed E-state index contributed by atoms with van der Waals surface area (Å²) in [7, 11) is -3.60. The summed E-state index contributed by atoms with van der Waals surface area (Å²) in [6.07, 6.45) is 2.39. The summed E-state index contributed by atoms with van der Waals surface area (Å²) in [6.45, 7) is 3.01. The number of carbonyl (C=O) groups is 1. The Labute approximate surface area is 160 Å². The number of sulfone groups is 1. The number of amides is 1. The molecule has 1 atom stereocenters. The molecule has 7 nitrogen and oxygen atoms in total. The maximum Gasteiger partial charge on any atom is 0.221 e. The van der Waals surface area contributed by atoms with Crippen molar-refractivity contribution < 1.29 is 18.3 Å². The van der Waals surface area contributed by atoms with E-state index < -0.39 is 15.9 Å². The Morgan fingerprint density at radius 3 is 2.52 bits per heavy atom. The topological polar surface area (TPSA) is 101 Å². The van der Waals surface area contributed by atoms with Crippen molar-refractivity contribution in [2.45, 2.75) is 31.2 Å². The van der Waals surface area contributed by atoms with Crippen molar-refractivity contribution in [1.82, 2.24) is 9.55 Å². The van der Waals surface area contributed by atoms with E-state index in [4.69, 9.17) is 0 Å². The summed E-state index contributed by atoms with van der Waals surface area (Å²) < 4.78 is 27.8. The van der Waals surface area contributed by atoms with E-state index in [0.717, 1.165) is 9.53 Å². The molecule has 0 bridgehead atoms. The van der Waals surface area contributed by atoms with Crippen LogP contribution >= 0.6 is 22.6 Å². The minimum absolute atomic E-state index is 0.146. The molecule has 0 saturated carbocycles. The van der Waals surface area contributed by atoms with E-state index in [9.17, 15) is 18.3 Å². The molecule has 1 aromatic carbocycles. The van der Waals surface area contributed by atoms with Crippen LogP contribution in [0.1, 0.15) is 25.7 Å². The third kappa shape index (κ3) is 5.02. The minimum atomic E-state index is -3.60. The van der Waals surface area contributed by atoms with Gasteiger partial charge in [-0.25, -0.2) is 13.4 Å². The van der Waals surface area contributed by atoms with Gasteiger partial charge in [0.1, 0.15) is 9.53 Å². The fraction of sp³-hybridized carbons (Fsp3) is 0.375. The van der Waals surface area contributed by atoms with Gasteiger partial charge in [0.05, 0.1) is 23.3 Å². The van der Waals surface area contributed by atoms with Crippen LogP contribution in [0.5, 0.6) is 0 Å². The molecular weight excluding hydrogens is 457 g/mol. The molecule has 0 radical (unpaired) electrons. The fourth-order valence-electron chi connectivity index (χ4n) is 2.50. The van der Waals surface area contributed by atoms with Gasteiger partial charge in [-0.2, -0.15) is 0 Å². The molecule has 0 aliphatic heterocycles. The van der Waals surface area contributed by atoms with Crippen molar-refractivity contribution >= 4 is 44.0 Å². The van der Waals surface area contributed by atoms with Gasteiger partial charge in [0.25, 0.3) is 0 Å². The van der Waals surface area contributed by atoms with E-state index in [1.54, 1.807) is 22.9 Å². The van der Waals surface area contributed by atoms with Gasteiger partial charge in [-0.3, -0.25) is 4.79 Å². The molecule has 9 heteroatoms. The molecule has 0 spiro atoms. The standard InChI is InChI=1S/C16H20IN3O4S/c1-3-16-19-15(17)8-20(16)13(9-21)10-25(23,24)14-6-4-12(5-7-14)18-11(2)22/h4-8,13,21H,3,9-10H2,1-2H3,(H,18,22). The second kappa shape index (κ2) is 8.28. The van der Waals surface area contributed by atoms with Crippen LogP contribution in [0.4, 0.5) is 5.69 Å². The highest BCUT2D eigenvalue weighted by atomic mass is 127. The van der Waals surface area contributed by atoms with Gasteiger partial charge >= 0.3 is 0 Å². The Balaban J connectivity index is 2.25. The maximum absolute atomic E-state index is 12.7. The zero-order valence-corrected chi connectivity index (χ0v) is 16.9. The number of rotatable bonds is 7. The molecular formula is C16H20IN3O4S. The number of anilines is 1. The van der Waals surface area contributed by atoms with E-state index >= 15 is 0 Å². The normalized spacial score (nSPS) is 12.8. The molecule has 25 heavy (non-hydrogen) atoms. The summed E-state index contributed by atoms with van der Waals surface area (Å²) in [4.78, 5) is 15.5. The molecule has 1 unspecified atom stereocenters. The van der Waals surface area contributed by atoms with Crippen molar-refractivity contribution in [2.24, 2.45) is 0 Å². The highest BCUT2D eigenvalue weighted by Crippen LogP contribution is 2.21. The van der Waals surface area contributed by atoms with E-state index in [-0.39, 0.29) is 23.2 Å². The average Bonchev–Trinajstić information content (AvgIpc) is 2.93. The summed E-state index contributed by atoms with van der Waals surface area (Å²) in [5.74, 6) is 0.278. The van der Waals surface area contributed by atoms with E-state index in [2.05, 4.69) is 32.9 Å². The molecule has 1 heterocycles. The van der Waals surface area contributed by atoms with Gasteiger partial charge in [0.15, 0.2) is 9.84 Å². The number of halogens is 1. The Morgan fingerprint density at radius 2 is 2.00 bits per heavy atom. The van der Waals surface area contributed by atoms with Crippen molar-refractivity contribution in [3.8, 4) is 0 Å². The Hall–Kier alpha value is -1.46. The summed E-state index contributed by atoms with van der Waals surface area (Å²) >= 11 is 2.06. The van der Waals surface area contributed by atoms with E-state index in [0.29, 0.717) is 12.1 Å². The first-order valence-electron chi connectivity index (χ1n) is 7.71. The summed E-state index contributed by atoms with van der Waals surface area (Å²) in [5, 5.41) is 12.3. The molecule has 2 aromatic rings. The minimum Gasteiger partial charge on any atom is -0.394 e. The van der Waals surface area contributed by atoms with Gasteiger partial charge in [0, 0.05) is 25.2 Å². The number of hydrogen-bond acceptors (Lipinski definition) is 5. The highest BCUT2D eigenvalue weighted by Gasteiger charge is 2.24. The number of hydrogen-bond donors (Lipinski definition) is 2. The molecule has 0 saturated heterocycles. The van der Waals surface area contributed by atoms with Crippen LogP contribution in [0, 0.1) is 3.70 Å². The SMILES string of the molecule is CCc1nc(I)cn1C(CO)CS(=O)(=O)c1ccc(NC(C)=O)cc1. The lowest BCUT2D eigenvalue weighted by molar-refractivity contribution is -0.114. The van der Waals surface area contributed by atoms with Crippen LogP contribution in [0.2, 0.25) is 0 Å². The molecule has 136 valence electrons. The van der Waals surface area contributed by atoms with Gasteiger partial charge in [-0.1, -0.05) is 6.92 Å².